The van der Waals surface area contributed by atoms with E-state index in [1.165, 1.54) is 5.56 Å². The third-order valence-electron chi connectivity index (χ3n) is 3.25. The minimum atomic E-state index is 0.703. The number of para-hydroxylation sites is 1. The van der Waals surface area contributed by atoms with E-state index in [4.69, 9.17) is 10.5 Å². The highest BCUT2D eigenvalue weighted by Crippen LogP contribution is 2.30. The van der Waals surface area contributed by atoms with Crippen LogP contribution in [0, 0.1) is 0 Å². The van der Waals surface area contributed by atoms with Crippen LogP contribution in [0.15, 0.2) is 42.5 Å². The van der Waals surface area contributed by atoms with Crippen molar-refractivity contribution in [3.63, 3.8) is 0 Å². The Morgan fingerprint density at radius 1 is 1.24 bits per heavy atom. The summed E-state index contributed by atoms with van der Waals surface area (Å²) in [5, 5.41) is 4.28. The van der Waals surface area contributed by atoms with Gasteiger partial charge in [-0.1, -0.05) is 29.5 Å². The molecule has 0 fully saturated rings. The van der Waals surface area contributed by atoms with E-state index in [0.717, 1.165) is 33.1 Å². The fraction of sp³-hybridized carbons (Fsp3) is 0.188. The number of rotatable bonds is 5. The fourth-order valence-electron chi connectivity index (χ4n) is 2.18. The van der Waals surface area contributed by atoms with E-state index < -0.39 is 0 Å². The Labute approximate surface area is 127 Å². The summed E-state index contributed by atoms with van der Waals surface area (Å²) in [5.41, 5.74) is 9.83. The van der Waals surface area contributed by atoms with E-state index in [0.29, 0.717) is 6.61 Å². The third-order valence-corrected chi connectivity index (χ3v) is 4.18. The number of benzene rings is 2. The molecule has 0 saturated heterocycles. The van der Waals surface area contributed by atoms with E-state index >= 15 is 0 Å². The normalized spacial score (nSPS) is 10.9. The number of thiazole rings is 1. The van der Waals surface area contributed by atoms with Gasteiger partial charge >= 0.3 is 0 Å². The van der Waals surface area contributed by atoms with Gasteiger partial charge in [0.1, 0.15) is 0 Å². The van der Waals surface area contributed by atoms with E-state index in [1.807, 2.05) is 30.3 Å². The maximum atomic E-state index is 5.81. The van der Waals surface area contributed by atoms with Gasteiger partial charge in [0.25, 0.3) is 0 Å². The van der Waals surface area contributed by atoms with Crippen molar-refractivity contribution in [3.05, 3.63) is 48.0 Å². The number of nitrogens with one attached hydrogen (secondary N) is 1. The summed E-state index contributed by atoms with van der Waals surface area (Å²) >= 11 is 1.61. The summed E-state index contributed by atoms with van der Waals surface area (Å²) in [6.45, 7) is 0.703. The van der Waals surface area contributed by atoms with E-state index in [1.54, 1.807) is 18.4 Å². The molecule has 0 spiro atoms. The molecule has 3 N–H and O–H groups in total. The lowest BCUT2D eigenvalue weighted by Crippen LogP contribution is -1.99. The van der Waals surface area contributed by atoms with Crippen LogP contribution in [-0.2, 0) is 11.2 Å². The molecular formula is C16H17N3OS. The van der Waals surface area contributed by atoms with Crippen LogP contribution in [0.3, 0.4) is 0 Å². The molecule has 0 unspecified atom stereocenters. The lowest BCUT2D eigenvalue weighted by molar-refractivity contribution is 0.202. The van der Waals surface area contributed by atoms with Gasteiger partial charge in [0, 0.05) is 18.5 Å². The van der Waals surface area contributed by atoms with Gasteiger partial charge < -0.3 is 15.8 Å². The molecule has 3 rings (SSSR count). The molecule has 0 atom stereocenters. The Bertz CT molecular complexity index is 754. The minimum Gasteiger partial charge on any atom is -0.399 e. The topological polar surface area (TPSA) is 60.2 Å². The Morgan fingerprint density at radius 3 is 2.95 bits per heavy atom. The Morgan fingerprint density at radius 2 is 2.10 bits per heavy atom. The average Bonchev–Trinajstić information content (AvgIpc) is 2.87. The molecule has 0 aliphatic carbocycles. The summed E-state index contributed by atoms with van der Waals surface area (Å²) in [6.07, 6.45) is 0.873. The highest BCUT2D eigenvalue weighted by molar-refractivity contribution is 7.22. The van der Waals surface area contributed by atoms with E-state index in [9.17, 15) is 0 Å². The zero-order valence-corrected chi connectivity index (χ0v) is 12.6. The SMILES string of the molecule is COCCc1ccccc1Nc1nc2ccc(N)cc2s1. The number of hydrogen-bond acceptors (Lipinski definition) is 5. The minimum absolute atomic E-state index is 0.703. The van der Waals surface area contributed by atoms with Crippen LogP contribution in [0.2, 0.25) is 0 Å². The zero-order valence-electron chi connectivity index (χ0n) is 11.8. The number of hydrogen-bond donors (Lipinski definition) is 2. The molecule has 5 heteroatoms. The van der Waals surface area contributed by atoms with Crippen molar-refractivity contribution in [1.82, 2.24) is 4.98 Å². The molecule has 0 aliphatic rings. The molecule has 4 nitrogen and oxygen atoms in total. The second-order valence-electron chi connectivity index (χ2n) is 4.77. The molecular weight excluding hydrogens is 282 g/mol. The van der Waals surface area contributed by atoms with Crippen molar-refractivity contribution >= 4 is 38.1 Å². The van der Waals surface area contributed by atoms with Crippen LogP contribution in [-0.4, -0.2) is 18.7 Å². The van der Waals surface area contributed by atoms with Crippen molar-refractivity contribution in [2.45, 2.75) is 6.42 Å². The molecule has 0 bridgehead atoms. The predicted octanol–water partition coefficient (Wildman–Crippen LogP) is 3.81. The summed E-state index contributed by atoms with van der Waals surface area (Å²) in [7, 11) is 1.72. The van der Waals surface area contributed by atoms with Crippen LogP contribution in [0.5, 0.6) is 0 Å². The quantitative estimate of drug-likeness (QED) is 0.703. The number of nitrogens with zero attached hydrogens (tertiary/aromatic N) is 1. The Kier molecular flexibility index (Phi) is 4.03. The van der Waals surface area contributed by atoms with Crippen molar-refractivity contribution in [2.24, 2.45) is 0 Å². The number of methoxy groups -OCH3 is 1. The standard InChI is InChI=1S/C16H17N3OS/c1-20-9-8-11-4-2-3-5-13(11)18-16-19-14-7-6-12(17)10-15(14)21-16/h2-7,10H,8-9,17H2,1H3,(H,18,19). The molecule has 3 aromatic rings. The molecule has 21 heavy (non-hydrogen) atoms. The molecule has 1 aromatic heterocycles. The lowest BCUT2D eigenvalue weighted by Gasteiger charge is -2.09. The molecule has 0 saturated carbocycles. The largest absolute Gasteiger partial charge is 0.399 e. The van der Waals surface area contributed by atoms with Crippen LogP contribution >= 0.6 is 11.3 Å². The number of aromatic nitrogens is 1. The molecule has 0 radical (unpaired) electrons. The van der Waals surface area contributed by atoms with Gasteiger partial charge in [-0.05, 0) is 36.2 Å². The van der Waals surface area contributed by atoms with Crippen molar-refractivity contribution in [3.8, 4) is 0 Å². The highest BCUT2D eigenvalue weighted by atomic mass is 32.1. The first kappa shape index (κ1) is 13.9. The van der Waals surface area contributed by atoms with Gasteiger partial charge in [-0.2, -0.15) is 0 Å². The zero-order chi connectivity index (χ0) is 14.7. The predicted molar refractivity (Wildman–Crippen MR) is 89.3 cm³/mol. The van der Waals surface area contributed by atoms with Gasteiger partial charge in [0.2, 0.25) is 0 Å². The summed E-state index contributed by atoms with van der Waals surface area (Å²) < 4.78 is 6.25. The van der Waals surface area contributed by atoms with Crippen LogP contribution in [0.25, 0.3) is 10.2 Å². The van der Waals surface area contributed by atoms with E-state index in [-0.39, 0.29) is 0 Å². The number of nitrogens with two attached hydrogens (primary N) is 1. The Hall–Kier alpha value is -2.11. The van der Waals surface area contributed by atoms with Gasteiger partial charge in [0.05, 0.1) is 16.8 Å². The van der Waals surface area contributed by atoms with Gasteiger partial charge in [-0.25, -0.2) is 4.98 Å². The highest BCUT2D eigenvalue weighted by Gasteiger charge is 2.07. The summed E-state index contributed by atoms with van der Waals surface area (Å²) in [4.78, 5) is 4.59. The maximum Gasteiger partial charge on any atom is 0.188 e. The fourth-order valence-corrected chi connectivity index (χ4v) is 3.11. The summed E-state index contributed by atoms with van der Waals surface area (Å²) in [5.74, 6) is 0. The monoisotopic (exact) mass is 299 g/mol. The Balaban J connectivity index is 1.87. The second kappa shape index (κ2) is 6.11. The first-order chi connectivity index (χ1) is 10.3. The average molecular weight is 299 g/mol. The molecule has 2 aromatic carbocycles. The summed E-state index contributed by atoms with van der Waals surface area (Å²) in [6, 6.07) is 14.0. The number of ether oxygens (including phenoxy) is 1. The van der Waals surface area contributed by atoms with Gasteiger partial charge in [0.15, 0.2) is 5.13 Å². The van der Waals surface area contributed by atoms with Crippen molar-refractivity contribution < 1.29 is 4.74 Å². The van der Waals surface area contributed by atoms with Gasteiger partial charge in [-0.3, -0.25) is 0 Å². The van der Waals surface area contributed by atoms with Crippen molar-refractivity contribution in [2.75, 3.05) is 24.8 Å². The van der Waals surface area contributed by atoms with Crippen LogP contribution in [0.4, 0.5) is 16.5 Å². The van der Waals surface area contributed by atoms with E-state index in [2.05, 4.69) is 22.4 Å². The maximum absolute atomic E-state index is 5.81. The number of fused-ring (bicyclic) bond motifs is 1. The molecule has 0 aliphatic heterocycles. The number of anilines is 3. The lowest BCUT2D eigenvalue weighted by atomic mass is 10.1. The third kappa shape index (κ3) is 3.15. The van der Waals surface area contributed by atoms with Crippen LogP contribution < -0.4 is 11.1 Å². The molecule has 0 amide bonds. The van der Waals surface area contributed by atoms with Gasteiger partial charge in [-0.15, -0.1) is 0 Å². The first-order valence-corrected chi connectivity index (χ1v) is 7.58. The number of nitrogen functional groups attached to an aromatic ring is 1. The van der Waals surface area contributed by atoms with Crippen LogP contribution in [0.1, 0.15) is 5.56 Å². The first-order valence-electron chi connectivity index (χ1n) is 6.76. The second-order valence-corrected chi connectivity index (χ2v) is 5.80. The molecule has 1 heterocycles. The molecule has 108 valence electrons. The smallest absolute Gasteiger partial charge is 0.188 e. The van der Waals surface area contributed by atoms with Crippen molar-refractivity contribution in [1.29, 1.82) is 0 Å².